The molecule has 1 saturated carbocycles. The maximum atomic E-state index is 14.7. The van der Waals surface area contributed by atoms with Crippen molar-refractivity contribution in [2.75, 3.05) is 65.3 Å². The molecule has 5 aliphatic rings. The van der Waals surface area contributed by atoms with Crippen LogP contribution in [0.1, 0.15) is 67.6 Å². The quantitative estimate of drug-likeness (QED) is 0.0222. The van der Waals surface area contributed by atoms with Gasteiger partial charge >= 0.3 is 6.09 Å². The molecular weight excluding hydrogens is 872 g/mol. The van der Waals surface area contributed by atoms with E-state index in [2.05, 4.69) is 23.6 Å². The molecule has 1 saturated heterocycles. The molecule has 66 heavy (non-hydrogen) atoms. The molecule has 8 rings (SSSR count). The molecule has 2 aliphatic carbocycles. The standard InChI is InChI=1S/C49H59ClN4O12/c1-2-23-64-49-45(53(48(57)61-24-17-50)30-34-11-15-43-44(26-34)63-32-62-43)29-41(51-65-31-33-9-12-36(13-10-33)54(58)59)39-27-35(7-3-5-21-55)38(8-4-6-22-56)46(47(39)49)40-28-37(14-16-42(40)66-49)60-25-20-52-18-19-52/h2,9-16,26-28,35,38,45-47,55-56H,1,3-8,17-25,29-32H2/t35-,38+,45-,46+,47+,49+/m0/s1. The van der Waals surface area contributed by atoms with E-state index in [0.29, 0.717) is 53.7 Å². The van der Waals surface area contributed by atoms with Crippen LogP contribution in [-0.4, -0.2) is 114 Å². The number of ether oxygens (including phenoxy) is 6. The lowest BCUT2D eigenvalue weighted by atomic mass is 9.55. The van der Waals surface area contributed by atoms with E-state index in [9.17, 15) is 25.1 Å². The normalized spacial score (nSPS) is 24.1. The second kappa shape index (κ2) is 21.9. The zero-order valence-electron chi connectivity index (χ0n) is 37.1. The summed E-state index contributed by atoms with van der Waals surface area (Å²) in [7, 11) is 0. The first-order chi connectivity index (χ1) is 32.3. The lowest BCUT2D eigenvalue weighted by molar-refractivity contribution is -0.384. The molecule has 17 heteroatoms. The van der Waals surface area contributed by atoms with Crippen LogP contribution in [0, 0.1) is 27.9 Å². The number of amides is 1. The second-order valence-corrected chi connectivity index (χ2v) is 17.7. The molecule has 3 aliphatic heterocycles. The van der Waals surface area contributed by atoms with Gasteiger partial charge < -0.3 is 43.5 Å². The molecule has 1 amide bonds. The number of aliphatic hydroxyl groups excluding tert-OH is 2. The van der Waals surface area contributed by atoms with E-state index in [1.54, 1.807) is 23.1 Å². The van der Waals surface area contributed by atoms with Crippen molar-refractivity contribution >= 4 is 29.1 Å². The van der Waals surface area contributed by atoms with Gasteiger partial charge in [0.15, 0.2) is 11.5 Å². The fourth-order valence-electron chi connectivity index (χ4n) is 9.97. The smallest absolute Gasteiger partial charge is 0.410 e. The fourth-order valence-corrected chi connectivity index (χ4v) is 10.0. The van der Waals surface area contributed by atoms with Gasteiger partial charge in [-0.05, 0) is 96.7 Å². The van der Waals surface area contributed by atoms with Gasteiger partial charge in [0.2, 0.25) is 12.6 Å². The van der Waals surface area contributed by atoms with Crippen LogP contribution in [0.25, 0.3) is 0 Å². The van der Waals surface area contributed by atoms with Gasteiger partial charge in [-0.3, -0.25) is 19.9 Å². The van der Waals surface area contributed by atoms with Gasteiger partial charge in [0.05, 0.1) is 29.0 Å². The van der Waals surface area contributed by atoms with Crippen molar-refractivity contribution in [1.82, 2.24) is 9.80 Å². The first kappa shape index (κ1) is 47.1. The number of alkyl halides is 1. The number of nitro benzene ring substituents is 1. The van der Waals surface area contributed by atoms with Gasteiger partial charge in [0.25, 0.3) is 5.69 Å². The number of halogens is 1. The van der Waals surface area contributed by atoms with Crippen molar-refractivity contribution in [2.45, 2.75) is 75.8 Å². The predicted molar refractivity (Wildman–Crippen MR) is 245 cm³/mol. The second-order valence-electron chi connectivity index (χ2n) is 17.3. The van der Waals surface area contributed by atoms with Gasteiger partial charge in [-0.25, -0.2) is 4.79 Å². The van der Waals surface area contributed by atoms with Crippen molar-refractivity contribution in [3.8, 4) is 23.0 Å². The highest BCUT2D eigenvalue weighted by Crippen LogP contribution is 2.62. The fraction of sp³-hybridized carbons (Fsp3) is 0.510. The number of aliphatic hydroxyl groups is 2. The van der Waals surface area contributed by atoms with Gasteiger partial charge in [-0.2, -0.15) is 0 Å². The molecule has 3 aromatic rings. The number of rotatable bonds is 24. The van der Waals surface area contributed by atoms with Crippen LogP contribution in [-0.2, 0) is 27.5 Å². The Balaban J connectivity index is 1.30. The maximum absolute atomic E-state index is 14.7. The van der Waals surface area contributed by atoms with Crippen molar-refractivity contribution < 1.29 is 53.2 Å². The molecule has 0 spiro atoms. The summed E-state index contributed by atoms with van der Waals surface area (Å²) in [6, 6.07) is 16.7. The monoisotopic (exact) mass is 930 g/mol. The Kier molecular flexibility index (Phi) is 15.7. The molecule has 0 radical (unpaired) electrons. The number of oxime groups is 1. The van der Waals surface area contributed by atoms with E-state index < -0.39 is 28.8 Å². The summed E-state index contributed by atoms with van der Waals surface area (Å²) in [6.45, 7) is 7.82. The zero-order chi connectivity index (χ0) is 46.0. The number of hydrogen-bond donors (Lipinski definition) is 2. The third kappa shape index (κ3) is 10.6. The molecule has 3 heterocycles. The topological polar surface area (TPSA) is 184 Å². The Labute approximate surface area is 389 Å². The third-order valence-electron chi connectivity index (χ3n) is 13.1. The molecule has 3 aromatic carbocycles. The highest BCUT2D eigenvalue weighted by Gasteiger charge is 2.65. The largest absolute Gasteiger partial charge is 0.492 e. The van der Waals surface area contributed by atoms with Crippen LogP contribution in [0.5, 0.6) is 23.0 Å². The van der Waals surface area contributed by atoms with Gasteiger partial charge in [-0.15, -0.1) is 18.2 Å². The first-order valence-electron chi connectivity index (χ1n) is 22.9. The Morgan fingerprint density at radius 1 is 0.985 bits per heavy atom. The van der Waals surface area contributed by atoms with Crippen molar-refractivity contribution in [1.29, 1.82) is 0 Å². The zero-order valence-corrected chi connectivity index (χ0v) is 37.9. The molecule has 2 N–H and O–H groups in total. The number of allylic oxidation sites excluding steroid dienone is 1. The van der Waals surface area contributed by atoms with Crippen molar-refractivity contribution in [2.24, 2.45) is 22.9 Å². The molecule has 0 aromatic heterocycles. The van der Waals surface area contributed by atoms with Crippen LogP contribution in [0.2, 0.25) is 0 Å². The average molecular weight is 931 g/mol. The number of non-ortho nitro benzene ring substituents is 1. The van der Waals surface area contributed by atoms with Gasteiger partial charge in [0, 0.05) is 69.4 Å². The van der Waals surface area contributed by atoms with E-state index in [1.807, 2.05) is 30.3 Å². The summed E-state index contributed by atoms with van der Waals surface area (Å²) >= 11 is 6.13. The Morgan fingerprint density at radius 2 is 1.74 bits per heavy atom. The Hall–Kier alpha value is -5.39. The molecule has 0 bridgehead atoms. The van der Waals surface area contributed by atoms with Crippen LogP contribution >= 0.6 is 11.6 Å². The summed E-state index contributed by atoms with van der Waals surface area (Å²) in [6.07, 6.45) is 7.74. The number of carbonyl (C=O) groups is 1. The first-order valence-corrected chi connectivity index (χ1v) is 23.5. The van der Waals surface area contributed by atoms with E-state index in [1.165, 1.54) is 12.1 Å². The maximum Gasteiger partial charge on any atom is 0.410 e. The van der Waals surface area contributed by atoms with E-state index in [4.69, 9.17) is 50.0 Å². The molecule has 16 nitrogen and oxygen atoms in total. The summed E-state index contributed by atoms with van der Waals surface area (Å²) in [5, 5.41) is 36.2. The lowest BCUT2D eigenvalue weighted by Crippen LogP contribution is -2.70. The minimum atomic E-state index is -1.54. The van der Waals surface area contributed by atoms with Crippen LogP contribution in [0.15, 0.2) is 90.1 Å². The molecule has 354 valence electrons. The van der Waals surface area contributed by atoms with E-state index >= 15 is 0 Å². The summed E-state index contributed by atoms with van der Waals surface area (Å²) < 4.78 is 38.1. The summed E-state index contributed by atoms with van der Waals surface area (Å²) in [5.74, 6) is 0.141. The summed E-state index contributed by atoms with van der Waals surface area (Å²) in [4.78, 5) is 35.8. The average Bonchev–Trinajstić information content (AvgIpc) is 4.04. The van der Waals surface area contributed by atoms with E-state index in [0.717, 1.165) is 62.0 Å². The highest BCUT2D eigenvalue weighted by atomic mass is 35.5. The highest BCUT2D eigenvalue weighted by molar-refractivity contribution is 6.18. The molecule has 0 unspecified atom stereocenters. The lowest BCUT2D eigenvalue weighted by Gasteiger charge is -2.59. The van der Waals surface area contributed by atoms with Gasteiger partial charge in [-0.1, -0.05) is 36.2 Å². The van der Waals surface area contributed by atoms with Crippen molar-refractivity contribution in [3.05, 3.63) is 112 Å². The number of hydrogen-bond acceptors (Lipinski definition) is 14. The number of unbranched alkanes of at least 4 members (excludes halogenated alkanes) is 2. The Morgan fingerprint density at radius 3 is 2.48 bits per heavy atom. The Bertz CT molecular complexity index is 2240. The third-order valence-corrected chi connectivity index (χ3v) is 13.3. The van der Waals surface area contributed by atoms with E-state index in [-0.39, 0.29) is 82.1 Å². The van der Waals surface area contributed by atoms with Crippen molar-refractivity contribution in [3.63, 3.8) is 0 Å². The van der Waals surface area contributed by atoms with Crippen LogP contribution in [0.4, 0.5) is 10.5 Å². The minimum absolute atomic E-state index is 0.00212. The summed E-state index contributed by atoms with van der Waals surface area (Å²) in [5.41, 5.74) is 3.75. The number of carbonyl (C=O) groups excluding carboxylic acids is 1. The molecular formula is C49H59ClN4O12. The molecule has 2 fully saturated rings. The predicted octanol–water partition coefficient (Wildman–Crippen LogP) is 7.73. The number of fused-ring (bicyclic) bond motifs is 3. The SMILES string of the molecule is C=CCO[C@@]12Oc3ccc(OCCN4CC4)cc3[C@H]3[C@H](CCCCO)[C@@H](CCCCO)C=C(C(=NOCc4ccc([N+](=O)[O-])cc4)C[C@@H]1N(Cc1ccc4c(c1)OCO4)C(=O)OCCCl)[C@H]32. The minimum Gasteiger partial charge on any atom is -0.492 e. The van der Waals surface area contributed by atoms with Crippen LogP contribution in [0.3, 0.4) is 0 Å². The van der Waals surface area contributed by atoms with Gasteiger partial charge in [0.1, 0.15) is 37.4 Å². The van der Waals surface area contributed by atoms with Crippen LogP contribution < -0.4 is 18.9 Å². The number of benzene rings is 3. The number of nitrogens with zero attached hydrogens (tertiary/aromatic N) is 4. The number of nitro groups is 1. The molecule has 6 atom stereocenters.